The number of benzene rings is 1. The Hall–Kier alpha value is -3.48. The predicted molar refractivity (Wildman–Crippen MR) is 119 cm³/mol. The molecule has 0 aliphatic carbocycles. The minimum Gasteiger partial charge on any atom is -0.426 e. The molecule has 7 heteroatoms. The monoisotopic (exact) mass is 418 g/mol. The number of hydrogen-bond acceptors (Lipinski definition) is 5. The number of aryl methyl sites for hydroxylation is 1. The molecule has 0 bridgehead atoms. The van der Waals surface area contributed by atoms with Crippen LogP contribution in [0.15, 0.2) is 43.0 Å². The summed E-state index contributed by atoms with van der Waals surface area (Å²) in [5.74, 6) is 0.140. The number of nitrogens with one attached hydrogen (secondary N) is 1. The molecule has 1 N–H and O–H groups in total. The summed E-state index contributed by atoms with van der Waals surface area (Å²) in [6, 6.07) is 9.32. The molecule has 2 aromatic heterocycles. The fourth-order valence-electron chi connectivity index (χ4n) is 3.99. The molecule has 3 aromatic rings. The molecule has 1 aromatic carbocycles. The first-order chi connectivity index (χ1) is 14.9. The lowest BCUT2D eigenvalue weighted by Crippen LogP contribution is -2.26. The molecule has 7 nitrogen and oxygen atoms in total. The molecule has 0 unspecified atom stereocenters. The van der Waals surface area contributed by atoms with E-state index in [9.17, 15) is 9.59 Å². The van der Waals surface area contributed by atoms with Crippen LogP contribution in [0.25, 0.3) is 22.3 Å². The number of carbonyl (C=O) groups is 2. The van der Waals surface area contributed by atoms with Gasteiger partial charge >= 0.3 is 5.97 Å². The Kier molecular flexibility index (Phi) is 5.59. The molecular formula is C24H26N4O3. The molecular weight excluding hydrogens is 392 g/mol. The highest BCUT2D eigenvalue weighted by molar-refractivity contribution is 5.88. The van der Waals surface area contributed by atoms with Crippen LogP contribution < -0.4 is 4.74 Å². The first kappa shape index (κ1) is 20.8. The van der Waals surface area contributed by atoms with Crippen molar-refractivity contribution in [3.63, 3.8) is 0 Å². The summed E-state index contributed by atoms with van der Waals surface area (Å²) in [7, 11) is 0. The maximum absolute atomic E-state index is 12.1. The third-order valence-corrected chi connectivity index (χ3v) is 5.78. The number of hydrogen-bond donors (Lipinski definition) is 1. The van der Waals surface area contributed by atoms with Gasteiger partial charge in [-0.3, -0.25) is 9.59 Å². The fraction of sp³-hybridized carbons (Fsp3) is 0.333. The fourth-order valence-corrected chi connectivity index (χ4v) is 3.99. The van der Waals surface area contributed by atoms with Crippen molar-refractivity contribution in [2.45, 2.75) is 33.1 Å². The number of ether oxygens (including phenoxy) is 1. The van der Waals surface area contributed by atoms with Crippen LogP contribution in [0.5, 0.6) is 5.75 Å². The molecule has 31 heavy (non-hydrogen) atoms. The Morgan fingerprint density at radius 1 is 1.29 bits per heavy atom. The topological polar surface area (TPSA) is 88.2 Å². The normalized spacial score (nSPS) is 16.1. The highest BCUT2D eigenvalue weighted by atomic mass is 16.5. The van der Waals surface area contributed by atoms with Gasteiger partial charge < -0.3 is 14.6 Å². The molecule has 0 spiro atoms. The van der Waals surface area contributed by atoms with Crippen LogP contribution in [-0.2, 0) is 9.59 Å². The van der Waals surface area contributed by atoms with Gasteiger partial charge in [-0.1, -0.05) is 32.6 Å². The van der Waals surface area contributed by atoms with Crippen molar-refractivity contribution in [1.29, 1.82) is 0 Å². The van der Waals surface area contributed by atoms with Gasteiger partial charge in [0.15, 0.2) is 5.65 Å². The number of carbonyl (C=O) groups excluding carboxylic acids is 2. The Balaban J connectivity index is 1.68. The number of nitrogens with zero attached hydrogens (tertiary/aromatic N) is 3. The van der Waals surface area contributed by atoms with Gasteiger partial charge in [-0.2, -0.15) is 0 Å². The second-order valence-corrected chi connectivity index (χ2v) is 8.20. The molecule has 1 fully saturated rings. The van der Waals surface area contributed by atoms with Crippen LogP contribution in [0.4, 0.5) is 0 Å². The van der Waals surface area contributed by atoms with Crippen molar-refractivity contribution in [3.8, 4) is 17.0 Å². The van der Waals surface area contributed by atoms with Gasteiger partial charge in [0.2, 0.25) is 5.91 Å². The van der Waals surface area contributed by atoms with Crippen molar-refractivity contribution < 1.29 is 14.3 Å². The molecule has 160 valence electrons. The Bertz CT molecular complexity index is 1160. The largest absolute Gasteiger partial charge is 0.426 e. The molecule has 1 aliphatic heterocycles. The van der Waals surface area contributed by atoms with Crippen molar-refractivity contribution in [2.75, 3.05) is 13.1 Å². The summed E-state index contributed by atoms with van der Waals surface area (Å²) < 4.78 is 5.57. The minimum absolute atomic E-state index is 0.0362. The van der Waals surface area contributed by atoms with Crippen LogP contribution in [0.1, 0.15) is 37.4 Å². The number of aromatic nitrogens is 3. The van der Waals surface area contributed by atoms with E-state index in [0.29, 0.717) is 23.6 Å². The predicted octanol–water partition coefficient (Wildman–Crippen LogP) is 4.00. The summed E-state index contributed by atoms with van der Waals surface area (Å²) in [4.78, 5) is 29.3. The zero-order chi connectivity index (χ0) is 22.1. The van der Waals surface area contributed by atoms with Crippen LogP contribution in [0.2, 0.25) is 0 Å². The van der Waals surface area contributed by atoms with Gasteiger partial charge in [-0.25, -0.2) is 0 Å². The van der Waals surface area contributed by atoms with Gasteiger partial charge in [-0.05, 0) is 43.2 Å². The van der Waals surface area contributed by atoms with Crippen LogP contribution in [0.3, 0.4) is 0 Å². The molecule has 1 atom stereocenters. The smallest absolute Gasteiger partial charge is 0.313 e. The van der Waals surface area contributed by atoms with Gasteiger partial charge in [0.05, 0.1) is 11.6 Å². The third kappa shape index (κ3) is 3.95. The first-order valence-corrected chi connectivity index (χ1v) is 10.5. The standard InChI is InChI=1S/C24H26N4O3/c1-5-21(29)28-11-10-16(13-28)22-15(4)18-12-19(26-27-23(18)25-22)17-8-6-7-9-20(17)31-24(30)14(2)3/h5-9,12,14,16H,1,10-11,13H2,2-4H3,(H,25,27)/t16-/m1/s1. The average molecular weight is 418 g/mol. The summed E-state index contributed by atoms with van der Waals surface area (Å²) in [6.07, 6.45) is 2.25. The van der Waals surface area contributed by atoms with E-state index in [4.69, 9.17) is 4.74 Å². The van der Waals surface area contributed by atoms with E-state index in [1.165, 1.54) is 6.08 Å². The molecule has 1 amide bonds. The molecule has 0 radical (unpaired) electrons. The van der Waals surface area contributed by atoms with Gasteiger partial charge in [0.1, 0.15) is 5.75 Å². The van der Waals surface area contributed by atoms with Gasteiger partial charge in [-0.15, -0.1) is 10.2 Å². The molecule has 1 aliphatic rings. The quantitative estimate of drug-likeness (QED) is 0.384. The summed E-state index contributed by atoms with van der Waals surface area (Å²) in [6.45, 7) is 10.6. The van der Waals surface area contributed by atoms with Crippen LogP contribution in [-0.4, -0.2) is 45.0 Å². The lowest BCUT2D eigenvalue weighted by Gasteiger charge is -2.14. The Labute approximate surface area is 181 Å². The molecule has 1 saturated heterocycles. The van der Waals surface area contributed by atoms with E-state index < -0.39 is 0 Å². The second-order valence-electron chi connectivity index (χ2n) is 8.20. The number of amides is 1. The van der Waals surface area contributed by atoms with Crippen LogP contribution >= 0.6 is 0 Å². The average Bonchev–Trinajstić information content (AvgIpc) is 3.38. The van der Waals surface area contributed by atoms with Gasteiger partial charge in [0.25, 0.3) is 0 Å². The maximum atomic E-state index is 12.1. The highest BCUT2D eigenvalue weighted by Crippen LogP contribution is 2.35. The summed E-state index contributed by atoms with van der Waals surface area (Å²) >= 11 is 0. The number of H-pyrrole nitrogens is 1. The maximum Gasteiger partial charge on any atom is 0.313 e. The molecule has 3 heterocycles. The number of para-hydroxylation sites is 1. The molecule has 0 saturated carbocycles. The van der Waals surface area contributed by atoms with E-state index in [0.717, 1.165) is 35.2 Å². The van der Waals surface area contributed by atoms with Crippen molar-refractivity contribution in [2.24, 2.45) is 5.92 Å². The van der Waals surface area contributed by atoms with E-state index >= 15 is 0 Å². The Morgan fingerprint density at radius 3 is 2.81 bits per heavy atom. The van der Waals surface area contributed by atoms with E-state index in [2.05, 4.69) is 28.7 Å². The van der Waals surface area contributed by atoms with Gasteiger partial charge in [0, 0.05) is 35.7 Å². The number of esters is 1. The van der Waals surface area contributed by atoms with Crippen LogP contribution in [0, 0.1) is 12.8 Å². The summed E-state index contributed by atoms with van der Waals surface area (Å²) in [5, 5.41) is 9.74. The zero-order valence-corrected chi connectivity index (χ0v) is 18.0. The van der Waals surface area contributed by atoms with E-state index in [-0.39, 0.29) is 23.7 Å². The van der Waals surface area contributed by atoms with Crippen molar-refractivity contribution >= 4 is 22.9 Å². The SMILES string of the molecule is C=CC(=O)N1CC[C@@H](c2[nH]c3nnc(-c4ccccc4OC(=O)C(C)C)cc3c2C)C1. The van der Waals surface area contributed by atoms with E-state index in [1.807, 2.05) is 29.2 Å². The second kappa shape index (κ2) is 8.34. The van der Waals surface area contributed by atoms with Crippen molar-refractivity contribution in [3.05, 3.63) is 54.2 Å². The lowest BCUT2D eigenvalue weighted by atomic mass is 10.00. The van der Waals surface area contributed by atoms with E-state index in [1.54, 1.807) is 19.9 Å². The number of aromatic amines is 1. The lowest BCUT2D eigenvalue weighted by molar-refractivity contribution is -0.137. The summed E-state index contributed by atoms with van der Waals surface area (Å²) in [5.41, 5.74) is 4.25. The zero-order valence-electron chi connectivity index (χ0n) is 18.0. The minimum atomic E-state index is -0.290. The number of likely N-dealkylation sites (tertiary alicyclic amines) is 1. The number of fused-ring (bicyclic) bond motifs is 1. The number of rotatable bonds is 5. The molecule has 4 rings (SSSR count). The Morgan fingerprint density at radius 2 is 2.06 bits per heavy atom. The van der Waals surface area contributed by atoms with Crippen molar-refractivity contribution in [1.82, 2.24) is 20.1 Å². The third-order valence-electron chi connectivity index (χ3n) is 5.78. The first-order valence-electron chi connectivity index (χ1n) is 10.5. The highest BCUT2D eigenvalue weighted by Gasteiger charge is 2.29.